The molecule has 0 aliphatic carbocycles. The van der Waals surface area contributed by atoms with Gasteiger partial charge in [-0.15, -0.1) is 0 Å². The lowest BCUT2D eigenvalue weighted by atomic mass is 10.2. The first-order valence-corrected chi connectivity index (χ1v) is 10.6. The molecule has 32 heavy (non-hydrogen) atoms. The molecule has 1 aliphatic heterocycles. The van der Waals surface area contributed by atoms with E-state index in [2.05, 4.69) is 14.9 Å². The van der Waals surface area contributed by atoms with Gasteiger partial charge < -0.3 is 14.6 Å². The highest BCUT2D eigenvalue weighted by atomic mass is 16.5. The van der Waals surface area contributed by atoms with Crippen LogP contribution in [-0.2, 0) is 4.74 Å². The first kappa shape index (κ1) is 18.7. The monoisotopic (exact) mass is 423 g/mol. The van der Waals surface area contributed by atoms with Crippen LogP contribution in [0.1, 0.15) is 0 Å². The number of aromatic nitrogens is 6. The van der Waals surface area contributed by atoms with Crippen molar-refractivity contribution in [3.8, 4) is 28.5 Å². The number of anilines is 1. The number of fused-ring (bicyclic) bond motifs is 1. The summed E-state index contributed by atoms with van der Waals surface area (Å²) in [6.07, 6.45) is 5.51. The molecule has 0 saturated carbocycles. The fourth-order valence-electron chi connectivity index (χ4n) is 3.97. The van der Waals surface area contributed by atoms with Crippen LogP contribution in [0.15, 0.2) is 73.2 Å². The molecule has 0 radical (unpaired) electrons. The van der Waals surface area contributed by atoms with E-state index in [1.165, 1.54) is 0 Å². The maximum atomic E-state index is 5.55. The van der Waals surface area contributed by atoms with E-state index in [9.17, 15) is 0 Å². The van der Waals surface area contributed by atoms with Crippen LogP contribution in [0.2, 0.25) is 0 Å². The molecule has 5 aromatic rings. The van der Waals surface area contributed by atoms with E-state index in [0.29, 0.717) is 19.2 Å². The van der Waals surface area contributed by atoms with E-state index in [0.717, 1.165) is 52.5 Å². The molecule has 1 aromatic carbocycles. The van der Waals surface area contributed by atoms with Crippen LogP contribution < -0.4 is 4.90 Å². The van der Waals surface area contributed by atoms with Crippen LogP contribution in [0.3, 0.4) is 0 Å². The van der Waals surface area contributed by atoms with Gasteiger partial charge in [0, 0.05) is 48.5 Å². The average molecular weight is 423 g/mol. The molecule has 8 heteroatoms. The first-order chi connectivity index (χ1) is 15.8. The molecule has 5 heterocycles. The molecular formula is C24H21N7O. The molecule has 158 valence electrons. The van der Waals surface area contributed by atoms with Crippen LogP contribution in [0, 0.1) is 0 Å². The van der Waals surface area contributed by atoms with Crippen molar-refractivity contribution >= 4 is 16.9 Å². The molecule has 1 saturated heterocycles. The predicted octanol–water partition coefficient (Wildman–Crippen LogP) is 3.71. The van der Waals surface area contributed by atoms with Crippen molar-refractivity contribution in [2.75, 3.05) is 31.2 Å². The molecular weight excluding hydrogens is 402 g/mol. The molecule has 1 fully saturated rings. The molecule has 6 rings (SSSR count). The highest BCUT2D eigenvalue weighted by Crippen LogP contribution is 2.30. The number of rotatable bonds is 4. The Morgan fingerprint density at radius 3 is 2.56 bits per heavy atom. The zero-order valence-corrected chi connectivity index (χ0v) is 17.3. The summed E-state index contributed by atoms with van der Waals surface area (Å²) in [7, 11) is 0. The third kappa shape index (κ3) is 3.40. The lowest BCUT2D eigenvalue weighted by Crippen LogP contribution is -2.37. The quantitative estimate of drug-likeness (QED) is 0.474. The molecule has 0 atom stereocenters. The predicted molar refractivity (Wildman–Crippen MR) is 123 cm³/mol. The maximum absolute atomic E-state index is 5.55. The van der Waals surface area contributed by atoms with Gasteiger partial charge in [0.25, 0.3) is 5.95 Å². The van der Waals surface area contributed by atoms with Crippen LogP contribution in [0.25, 0.3) is 39.5 Å². The number of ether oxygens (including phenoxy) is 1. The number of H-pyrrole nitrogens is 1. The van der Waals surface area contributed by atoms with Gasteiger partial charge >= 0.3 is 0 Å². The Kier molecular flexibility index (Phi) is 4.62. The SMILES string of the molecule is c1ccc(-c2ccn(-c3nc(N4CCOCC4)c4[nH]c(-c5cccnc5)cc4n3)n2)cc1. The molecule has 0 amide bonds. The Bertz CT molecular complexity index is 1360. The van der Waals surface area contributed by atoms with Gasteiger partial charge in [-0.25, -0.2) is 9.67 Å². The van der Waals surface area contributed by atoms with Gasteiger partial charge in [0.1, 0.15) is 5.52 Å². The second-order valence-corrected chi connectivity index (χ2v) is 7.64. The minimum Gasteiger partial charge on any atom is -0.378 e. The van der Waals surface area contributed by atoms with Gasteiger partial charge in [0.2, 0.25) is 0 Å². The standard InChI is InChI=1S/C24H21N7O/c1-2-5-17(6-3-1)19-8-10-31(29-19)24-27-21-15-20(18-7-4-9-25-16-18)26-22(21)23(28-24)30-11-13-32-14-12-30/h1-10,15-16,26H,11-14H2. The van der Waals surface area contributed by atoms with Crippen molar-refractivity contribution in [2.24, 2.45) is 0 Å². The van der Waals surface area contributed by atoms with Crippen molar-refractivity contribution in [2.45, 2.75) is 0 Å². The second-order valence-electron chi connectivity index (χ2n) is 7.64. The number of aromatic amines is 1. The molecule has 0 bridgehead atoms. The topological polar surface area (TPSA) is 84.8 Å². The lowest BCUT2D eigenvalue weighted by Gasteiger charge is -2.28. The summed E-state index contributed by atoms with van der Waals surface area (Å²) in [5.74, 6) is 1.40. The number of nitrogens with zero attached hydrogens (tertiary/aromatic N) is 6. The molecule has 0 unspecified atom stereocenters. The van der Waals surface area contributed by atoms with Crippen LogP contribution in [-0.4, -0.2) is 56.0 Å². The normalized spacial score (nSPS) is 14.2. The second kappa shape index (κ2) is 7.90. The van der Waals surface area contributed by atoms with Gasteiger partial charge in [0.05, 0.1) is 24.4 Å². The Labute approximate surface area is 184 Å². The number of morpholine rings is 1. The molecule has 4 aromatic heterocycles. The number of nitrogens with one attached hydrogen (secondary N) is 1. The van der Waals surface area contributed by atoms with Crippen LogP contribution in [0.4, 0.5) is 5.82 Å². The van der Waals surface area contributed by atoms with Gasteiger partial charge in [-0.05, 0) is 24.3 Å². The summed E-state index contributed by atoms with van der Waals surface area (Å²) in [4.78, 5) is 19.7. The van der Waals surface area contributed by atoms with E-state index in [1.54, 1.807) is 10.9 Å². The number of hydrogen-bond donors (Lipinski definition) is 1. The van der Waals surface area contributed by atoms with Crippen LogP contribution in [0.5, 0.6) is 0 Å². The molecule has 0 spiro atoms. The van der Waals surface area contributed by atoms with E-state index in [1.807, 2.05) is 67.0 Å². The fourth-order valence-corrected chi connectivity index (χ4v) is 3.97. The molecule has 1 N–H and O–H groups in total. The average Bonchev–Trinajstić information content (AvgIpc) is 3.53. The summed E-state index contributed by atoms with van der Waals surface area (Å²) in [5.41, 5.74) is 5.65. The number of benzene rings is 1. The van der Waals surface area contributed by atoms with Crippen molar-refractivity contribution in [3.63, 3.8) is 0 Å². The smallest absolute Gasteiger partial charge is 0.253 e. The highest BCUT2D eigenvalue weighted by molar-refractivity contribution is 5.91. The Hall–Kier alpha value is -4.04. The van der Waals surface area contributed by atoms with E-state index >= 15 is 0 Å². The Morgan fingerprint density at radius 2 is 1.75 bits per heavy atom. The van der Waals surface area contributed by atoms with Crippen molar-refractivity contribution < 1.29 is 4.74 Å². The van der Waals surface area contributed by atoms with E-state index in [-0.39, 0.29) is 0 Å². The summed E-state index contributed by atoms with van der Waals surface area (Å²) in [5, 5.41) is 4.74. The van der Waals surface area contributed by atoms with Crippen LogP contribution >= 0.6 is 0 Å². The van der Waals surface area contributed by atoms with Gasteiger partial charge in [0.15, 0.2) is 5.82 Å². The lowest BCUT2D eigenvalue weighted by molar-refractivity contribution is 0.122. The van der Waals surface area contributed by atoms with Gasteiger partial charge in [-0.3, -0.25) is 4.98 Å². The first-order valence-electron chi connectivity index (χ1n) is 10.6. The van der Waals surface area contributed by atoms with Crippen molar-refractivity contribution in [3.05, 3.63) is 73.2 Å². The minimum atomic E-state index is 0.540. The van der Waals surface area contributed by atoms with E-state index < -0.39 is 0 Å². The largest absolute Gasteiger partial charge is 0.378 e. The van der Waals surface area contributed by atoms with Gasteiger partial charge in [-0.2, -0.15) is 10.1 Å². The third-order valence-corrected chi connectivity index (χ3v) is 5.59. The Morgan fingerprint density at radius 1 is 0.906 bits per heavy atom. The summed E-state index contributed by atoms with van der Waals surface area (Å²) in [6, 6.07) is 18.1. The third-order valence-electron chi connectivity index (χ3n) is 5.59. The number of pyridine rings is 1. The van der Waals surface area contributed by atoms with Crippen molar-refractivity contribution in [1.29, 1.82) is 0 Å². The summed E-state index contributed by atoms with van der Waals surface area (Å²) < 4.78 is 7.29. The summed E-state index contributed by atoms with van der Waals surface area (Å²) >= 11 is 0. The van der Waals surface area contributed by atoms with Gasteiger partial charge in [-0.1, -0.05) is 30.3 Å². The number of hydrogen-bond acceptors (Lipinski definition) is 6. The summed E-state index contributed by atoms with van der Waals surface area (Å²) in [6.45, 7) is 2.91. The van der Waals surface area contributed by atoms with E-state index in [4.69, 9.17) is 19.8 Å². The molecule has 1 aliphatic rings. The maximum Gasteiger partial charge on any atom is 0.253 e. The Balaban J connectivity index is 1.48. The van der Waals surface area contributed by atoms with Crippen molar-refractivity contribution in [1.82, 2.24) is 29.7 Å². The molecule has 8 nitrogen and oxygen atoms in total. The zero-order valence-electron chi connectivity index (χ0n) is 17.3. The minimum absolute atomic E-state index is 0.540. The highest BCUT2D eigenvalue weighted by Gasteiger charge is 2.20. The zero-order chi connectivity index (χ0) is 21.3. The fraction of sp³-hybridized carbons (Fsp3) is 0.167.